The summed E-state index contributed by atoms with van der Waals surface area (Å²) < 4.78 is 17.8. The summed E-state index contributed by atoms with van der Waals surface area (Å²) in [6.07, 6.45) is 7.46. The maximum absolute atomic E-state index is 14.4. The first kappa shape index (κ1) is 20.6. The second kappa shape index (κ2) is 7.70. The number of pyridine rings is 1. The zero-order valence-electron chi connectivity index (χ0n) is 18.7. The number of halogens is 1. The lowest BCUT2D eigenvalue weighted by molar-refractivity contribution is 0.102. The minimum absolute atomic E-state index is 0.238. The maximum Gasteiger partial charge on any atom is 0.257 e. The second-order valence-electron chi connectivity index (χ2n) is 9.05. The van der Waals surface area contributed by atoms with Gasteiger partial charge in [0, 0.05) is 49.2 Å². The molecule has 0 bridgehead atoms. The minimum atomic E-state index is -0.483. The highest BCUT2D eigenvalue weighted by molar-refractivity contribution is 6.12. The van der Waals surface area contributed by atoms with Crippen LogP contribution in [-0.4, -0.2) is 37.2 Å². The molecule has 0 radical (unpaired) electrons. The van der Waals surface area contributed by atoms with Gasteiger partial charge in [-0.1, -0.05) is 6.07 Å². The first-order valence-corrected chi connectivity index (χ1v) is 11.0. The molecule has 1 saturated heterocycles. The van der Waals surface area contributed by atoms with E-state index in [2.05, 4.69) is 40.6 Å². The molecule has 1 amide bonds. The molecule has 0 spiro atoms. The number of carbonyl (C=O) groups excluding carboxylic acids is 1. The van der Waals surface area contributed by atoms with E-state index in [0.717, 1.165) is 18.2 Å². The van der Waals surface area contributed by atoms with Gasteiger partial charge in [-0.3, -0.25) is 9.48 Å². The largest absolute Gasteiger partial charge is 0.320 e. The van der Waals surface area contributed by atoms with Crippen LogP contribution in [-0.2, 0) is 7.05 Å². The molecule has 3 aromatic heterocycles. The fraction of sp³-hybridized carbons (Fsp3) is 0.375. The highest BCUT2D eigenvalue weighted by Crippen LogP contribution is 2.35. The van der Waals surface area contributed by atoms with Crippen LogP contribution in [0.5, 0.6) is 0 Å². The van der Waals surface area contributed by atoms with Crippen molar-refractivity contribution in [2.45, 2.75) is 51.6 Å². The summed E-state index contributed by atoms with van der Waals surface area (Å²) in [5, 5.41) is 12.0. The van der Waals surface area contributed by atoms with Crippen molar-refractivity contribution < 1.29 is 9.18 Å². The number of aromatic nitrogens is 4. The Morgan fingerprint density at radius 1 is 1.19 bits per heavy atom. The molecule has 0 aliphatic carbocycles. The van der Waals surface area contributed by atoms with Crippen molar-refractivity contribution in [3.63, 3.8) is 0 Å². The van der Waals surface area contributed by atoms with Crippen molar-refractivity contribution >= 4 is 28.1 Å². The zero-order chi connectivity index (χ0) is 22.6. The molecule has 1 aliphatic heterocycles. The molecular weight excluding hydrogens is 407 g/mol. The topological polar surface area (TPSA) is 76.2 Å². The fourth-order valence-electron chi connectivity index (χ4n) is 5.05. The highest BCUT2D eigenvalue weighted by atomic mass is 19.1. The van der Waals surface area contributed by atoms with E-state index in [1.165, 1.54) is 11.6 Å². The van der Waals surface area contributed by atoms with E-state index in [9.17, 15) is 9.18 Å². The average Bonchev–Trinajstić information content (AvgIpc) is 3.28. The molecule has 1 fully saturated rings. The van der Waals surface area contributed by atoms with Crippen LogP contribution in [0.1, 0.15) is 54.2 Å². The molecule has 8 heteroatoms. The number of fused-ring (bicyclic) bond motifs is 2. The quantitative estimate of drug-likeness (QED) is 0.508. The fourth-order valence-corrected chi connectivity index (χ4v) is 5.05. The van der Waals surface area contributed by atoms with Crippen LogP contribution >= 0.6 is 0 Å². The van der Waals surface area contributed by atoms with Gasteiger partial charge in [0.2, 0.25) is 0 Å². The van der Waals surface area contributed by atoms with E-state index < -0.39 is 5.82 Å². The number of amides is 1. The van der Waals surface area contributed by atoms with Crippen molar-refractivity contribution in [3.8, 4) is 0 Å². The molecule has 5 rings (SSSR count). The molecular formula is C24H27FN6O. The number of hydrogen-bond acceptors (Lipinski definition) is 4. The number of carbonyl (C=O) groups is 1. The summed E-state index contributed by atoms with van der Waals surface area (Å²) in [5.74, 6) is -0.391. The molecule has 0 saturated carbocycles. The van der Waals surface area contributed by atoms with E-state index in [-0.39, 0.29) is 11.6 Å². The number of rotatable bonds is 3. The average molecular weight is 435 g/mol. The molecule has 0 unspecified atom stereocenters. The Bertz CT molecular complexity index is 1330. The van der Waals surface area contributed by atoms with Gasteiger partial charge >= 0.3 is 0 Å². The number of piperidine rings is 1. The molecule has 1 aromatic carbocycles. The molecule has 166 valence electrons. The Balaban J connectivity index is 1.50. The maximum atomic E-state index is 14.4. The van der Waals surface area contributed by atoms with E-state index >= 15 is 0 Å². The lowest BCUT2D eigenvalue weighted by Gasteiger charge is -2.33. The molecule has 2 N–H and O–H groups in total. The van der Waals surface area contributed by atoms with Gasteiger partial charge < -0.3 is 15.0 Å². The predicted octanol–water partition coefficient (Wildman–Crippen LogP) is 4.16. The minimum Gasteiger partial charge on any atom is -0.320 e. The molecule has 2 atom stereocenters. The molecule has 7 nitrogen and oxygen atoms in total. The second-order valence-corrected chi connectivity index (χ2v) is 9.05. The summed E-state index contributed by atoms with van der Waals surface area (Å²) in [7, 11) is 1.86. The number of benzene rings is 1. The normalized spacial score (nSPS) is 21.3. The van der Waals surface area contributed by atoms with E-state index in [4.69, 9.17) is 0 Å². The number of nitrogens with one attached hydrogen (secondary N) is 2. The van der Waals surface area contributed by atoms with Crippen molar-refractivity contribution in [1.82, 2.24) is 24.5 Å². The monoisotopic (exact) mass is 434 g/mol. The van der Waals surface area contributed by atoms with Crippen molar-refractivity contribution in [2.24, 2.45) is 7.05 Å². The molecule has 4 aromatic rings. The first-order chi connectivity index (χ1) is 15.3. The van der Waals surface area contributed by atoms with Crippen LogP contribution in [0.15, 0.2) is 36.8 Å². The van der Waals surface area contributed by atoms with Gasteiger partial charge in [0.15, 0.2) is 11.5 Å². The molecule has 32 heavy (non-hydrogen) atoms. The van der Waals surface area contributed by atoms with Crippen LogP contribution in [0.25, 0.3) is 16.6 Å². The van der Waals surface area contributed by atoms with Crippen molar-refractivity contribution in [3.05, 3.63) is 59.4 Å². The first-order valence-electron chi connectivity index (χ1n) is 11.0. The van der Waals surface area contributed by atoms with E-state index in [0.29, 0.717) is 40.5 Å². The lowest BCUT2D eigenvalue weighted by Crippen LogP contribution is -2.41. The number of nitrogens with zero attached hydrogens (tertiary/aromatic N) is 4. The van der Waals surface area contributed by atoms with Crippen LogP contribution < -0.4 is 10.6 Å². The Morgan fingerprint density at radius 2 is 1.94 bits per heavy atom. The van der Waals surface area contributed by atoms with Crippen LogP contribution in [0.4, 0.5) is 10.1 Å². The number of imidazole rings is 1. The van der Waals surface area contributed by atoms with Crippen molar-refractivity contribution in [2.75, 3.05) is 5.32 Å². The molecule has 1 aliphatic rings. The summed E-state index contributed by atoms with van der Waals surface area (Å²) in [5.41, 5.74) is 3.68. The third kappa shape index (κ3) is 3.64. The van der Waals surface area contributed by atoms with Gasteiger partial charge in [0.25, 0.3) is 5.91 Å². The van der Waals surface area contributed by atoms with Gasteiger partial charge in [0.05, 0.1) is 16.9 Å². The SMILES string of the molecule is Cc1cn2cc(NC(=O)c3ccc(C4C[C@@H](C)N[C@H](C)C4)c4cn(C)nc34)cc(F)c2n1. The van der Waals surface area contributed by atoms with Gasteiger partial charge in [-0.15, -0.1) is 0 Å². The standard InChI is InChI=1S/C24H27FN6O/c1-13-7-16(8-14(2)26-13)18-5-6-19(22-20(18)12-30(4)29-22)24(32)28-17-9-21(25)23-27-15(3)10-31(23)11-17/h5-6,9-14,16,26H,7-8H2,1-4H3,(H,28,32)/t13-,14-/m1/s1. The van der Waals surface area contributed by atoms with Crippen LogP contribution in [0.3, 0.4) is 0 Å². The van der Waals surface area contributed by atoms with Crippen molar-refractivity contribution in [1.29, 1.82) is 0 Å². The van der Waals surface area contributed by atoms with E-state index in [1.54, 1.807) is 28.4 Å². The van der Waals surface area contributed by atoms with Gasteiger partial charge in [-0.25, -0.2) is 9.37 Å². The Labute approximate surface area is 185 Å². The highest BCUT2D eigenvalue weighted by Gasteiger charge is 2.27. The Hall–Kier alpha value is -3.26. The number of anilines is 1. The lowest BCUT2D eigenvalue weighted by atomic mass is 9.82. The van der Waals surface area contributed by atoms with Crippen LogP contribution in [0, 0.1) is 12.7 Å². The summed E-state index contributed by atoms with van der Waals surface area (Å²) in [6, 6.07) is 6.07. The summed E-state index contributed by atoms with van der Waals surface area (Å²) in [4.78, 5) is 17.3. The summed E-state index contributed by atoms with van der Waals surface area (Å²) >= 11 is 0. The summed E-state index contributed by atoms with van der Waals surface area (Å²) in [6.45, 7) is 6.22. The zero-order valence-corrected chi connectivity index (χ0v) is 18.7. The number of aryl methyl sites for hydroxylation is 2. The third-order valence-corrected chi connectivity index (χ3v) is 6.24. The smallest absolute Gasteiger partial charge is 0.257 e. The predicted molar refractivity (Wildman–Crippen MR) is 123 cm³/mol. The van der Waals surface area contributed by atoms with Gasteiger partial charge in [0.1, 0.15) is 5.52 Å². The van der Waals surface area contributed by atoms with Gasteiger partial charge in [-0.05, 0) is 51.2 Å². The van der Waals surface area contributed by atoms with E-state index in [1.807, 2.05) is 19.3 Å². The van der Waals surface area contributed by atoms with Crippen LogP contribution in [0.2, 0.25) is 0 Å². The third-order valence-electron chi connectivity index (χ3n) is 6.24. The Kier molecular flexibility index (Phi) is 4.97. The van der Waals surface area contributed by atoms with Gasteiger partial charge in [-0.2, -0.15) is 5.10 Å². The number of hydrogen-bond donors (Lipinski definition) is 2. The molecule has 4 heterocycles. The Morgan fingerprint density at radius 3 is 2.69 bits per heavy atom.